The molecule has 0 rings (SSSR count). The van der Waals surface area contributed by atoms with E-state index in [1.807, 2.05) is 18.8 Å². The fourth-order valence-electron chi connectivity index (χ4n) is 0.827. The average Bonchev–Trinajstić information content (AvgIpc) is 2.12. The van der Waals surface area contributed by atoms with Crippen molar-refractivity contribution in [3.63, 3.8) is 0 Å². The third kappa shape index (κ3) is 5.01. The lowest BCUT2D eigenvalue weighted by Gasteiger charge is -2.26. The molecule has 74 valence electrons. The Morgan fingerprint density at radius 3 is 2.50 bits per heavy atom. The van der Waals surface area contributed by atoms with Crippen LogP contribution in [0.2, 0.25) is 0 Å². The van der Waals surface area contributed by atoms with E-state index in [1.54, 1.807) is 0 Å². The lowest BCUT2D eigenvalue weighted by Crippen LogP contribution is -2.43. The second kappa shape index (κ2) is 6.75. The molecule has 12 heavy (non-hydrogen) atoms. The highest BCUT2D eigenvalue weighted by atomic mass is 32.2. The first-order valence-corrected chi connectivity index (χ1v) is 5.71. The Labute approximate surface area is 80.1 Å². The van der Waals surface area contributed by atoms with Gasteiger partial charge in [-0.05, 0) is 38.3 Å². The highest BCUT2D eigenvalue weighted by Gasteiger charge is 2.19. The summed E-state index contributed by atoms with van der Waals surface area (Å²) in [6.45, 7) is 4.46. The van der Waals surface area contributed by atoms with Crippen LogP contribution in [-0.2, 0) is 0 Å². The summed E-state index contributed by atoms with van der Waals surface area (Å²) >= 11 is 1.96. The van der Waals surface area contributed by atoms with Gasteiger partial charge in [0.15, 0.2) is 0 Å². The topological polar surface area (TPSA) is 32.3 Å². The van der Waals surface area contributed by atoms with Crippen LogP contribution in [0, 0.1) is 0 Å². The summed E-state index contributed by atoms with van der Waals surface area (Å²) in [5.41, 5.74) is -0.0826. The standard InChI is InChI=1S/C9H21NOS/c1-4-6-12-7-5-9(2,8-11)10-3/h10-11H,4-8H2,1-3H3. The van der Waals surface area contributed by atoms with Gasteiger partial charge in [0.2, 0.25) is 0 Å². The first-order chi connectivity index (χ1) is 5.68. The number of thioether (sulfide) groups is 1. The maximum atomic E-state index is 9.07. The fourth-order valence-corrected chi connectivity index (χ4v) is 1.91. The molecule has 0 radical (unpaired) electrons. The van der Waals surface area contributed by atoms with Crippen LogP contribution in [0.5, 0.6) is 0 Å². The maximum absolute atomic E-state index is 9.07. The van der Waals surface area contributed by atoms with Crippen molar-refractivity contribution in [2.75, 3.05) is 25.2 Å². The Balaban J connectivity index is 3.45. The second-order valence-corrected chi connectivity index (χ2v) is 4.56. The van der Waals surface area contributed by atoms with Gasteiger partial charge in [-0.1, -0.05) is 6.92 Å². The van der Waals surface area contributed by atoms with Gasteiger partial charge in [-0.2, -0.15) is 11.8 Å². The Morgan fingerprint density at radius 1 is 1.42 bits per heavy atom. The number of hydrogen-bond donors (Lipinski definition) is 2. The van der Waals surface area contributed by atoms with Crippen LogP contribution in [0.15, 0.2) is 0 Å². The molecule has 2 nitrogen and oxygen atoms in total. The molecule has 0 saturated carbocycles. The molecule has 1 unspecified atom stereocenters. The summed E-state index contributed by atoms with van der Waals surface area (Å²) in [6.07, 6.45) is 2.27. The smallest absolute Gasteiger partial charge is 0.0610 e. The monoisotopic (exact) mass is 191 g/mol. The lowest BCUT2D eigenvalue weighted by atomic mass is 10.0. The Morgan fingerprint density at radius 2 is 2.08 bits per heavy atom. The molecule has 0 aliphatic heterocycles. The average molecular weight is 191 g/mol. The van der Waals surface area contributed by atoms with Crippen molar-refractivity contribution in [2.45, 2.75) is 32.2 Å². The van der Waals surface area contributed by atoms with Gasteiger partial charge in [-0.15, -0.1) is 0 Å². The minimum Gasteiger partial charge on any atom is -0.394 e. The highest BCUT2D eigenvalue weighted by Crippen LogP contribution is 2.13. The number of hydrogen-bond acceptors (Lipinski definition) is 3. The first kappa shape index (κ1) is 12.3. The SMILES string of the molecule is CCCSCCC(C)(CO)NC. The zero-order valence-corrected chi connectivity index (χ0v) is 9.21. The fraction of sp³-hybridized carbons (Fsp3) is 1.00. The van der Waals surface area contributed by atoms with Crippen molar-refractivity contribution in [2.24, 2.45) is 0 Å². The van der Waals surface area contributed by atoms with Gasteiger partial charge in [0.1, 0.15) is 0 Å². The predicted molar refractivity (Wildman–Crippen MR) is 56.8 cm³/mol. The normalized spacial score (nSPS) is 16.0. The molecule has 3 heteroatoms. The largest absolute Gasteiger partial charge is 0.394 e. The molecule has 0 saturated heterocycles. The molecule has 2 N–H and O–H groups in total. The van der Waals surface area contributed by atoms with Crippen molar-refractivity contribution < 1.29 is 5.11 Å². The van der Waals surface area contributed by atoms with E-state index in [-0.39, 0.29) is 12.1 Å². The first-order valence-electron chi connectivity index (χ1n) is 4.56. The minimum atomic E-state index is -0.0826. The Bertz CT molecular complexity index is 105. The van der Waals surface area contributed by atoms with Crippen molar-refractivity contribution >= 4 is 11.8 Å². The van der Waals surface area contributed by atoms with E-state index in [2.05, 4.69) is 19.2 Å². The molecule has 0 bridgehead atoms. The highest BCUT2D eigenvalue weighted by molar-refractivity contribution is 7.99. The maximum Gasteiger partial charge on any atom is 0.0610 e. The molecule has 0 aliphatic rings. The van der Waals surface area contributed by atoms with Crippen molar-refractivity contribution in [1.82, 2.24) is 5.32 Å². The third-order valence-electron chi connectivity index (χ3n) is 2.10. The molecule has 0 aromatic carbocycles. The summed E-state index contributed by atoms with van der Waals surface area (Å²) in [5.74, 6) is 2.36. The van der Waals surface area contributed by atoms with Crippen LogP contribution in [0.4, 0.5) is 0 Å². The summed E-state index contributed by atoms with van der Waals surface area (Å²) in [6, 6.07) is 0. The van der Waals surface area contributed by atoms with E-state index in [0.29, 0.717) is 0 Å². The molecule has 0 fully saturated rings. The van der Waals surface area contributed by atoms with E-state index in [9.17, 15) is 0 Å². The molecule has 1 atom stereocenters. The molecule has 0 aliphatic carbocycles. The van der Waals surface area contributed by atoms with Crippen LogP contribution < -0.4 is 5.32 Å². The summed E-state index contributed by atoms with van der Waals surface area (Å²) in [5, 5.41) is 12.2. The second-order valence-electron chi connectivity index (χ2n) is 3.33. The van der Waals surface area contributed by atoms with Crippen LogP contribution in [0.25, 0.3) is 0 Å². The number of aliphatic hydroxyl groups excluding tert-OH is 1. The summed E-state index contributed by atoms with van der Waals surface area (Å²) < 4.78 is 0. The zero-order chi connectivity index (χ0) is 9.45. The van der Waals surface area contributed by atoms with E-state index in [1.165, 1.54) is 12.2 Å². The van der Waals surface area contributed by atoms with Crippen molar-refractivity contribution in [3.05, 3.63) is 0 Å². The molecule has 0 aromatic heterocycles. The minimum absolute atomic E-state index is 0.0826. The van der Waals surface area contributed by atoms with Crippen molar-refractivity contribution in [3.8, 4) is 0 Å². The van der Waals surface area contributed by atoms with Crippen LogP contribution in [0.1, 0.15) is 26.7 Å². The van der Waals surface area contributed by atoms with E-state index in [4.69, 9.17) is 5.11 Å². The summed E-state index contributed by atoms with van der Waals surface area (Å²) in [7, 11) is 1.90. The molecule has 0 amide bonds. The predicted octanol–water partition coefficient (Wildman–Crippen LogP) is 1.49. The molecular formula is C9H21NOS. The Kier molecular flexibility index (Phi) is 6.90. The van der Waals surface area contributed by atoms with E-state index in [0.717, 1.165) is 12.2 Å². The van der Waals surface area contributed by atoms with Gasteiger partial charge in [0, 0.05) is 5.54 Å². The summed E-state index contributed by atoms with van der Waals surface area (Å²) in [4.78, 5) is 0. The van der Waals surface area contributed by atoms with Gasteiger partial charge in [-0.3, -0.25) is 0 Å². The number of nitrogens with one attached hydrogen (secondary N) is 1. The van der Waals surface area contributed by atoms with Gasteiger partial charge >= 0.3 is 0 Å². The van der Waals surface area contributed by atoms with Gasteiger partial charge < -0.3 is 10.4 Å². The van der Waals surface area contributed by atoms with E-state index < -0.39 is 0 Å². The Hall–Kier alpha value is 0.270. The number of likely N-dealkylation sites (N-methyl/N-ethyl adjacent to an activating group) is 1. The van der Waals surface area contributed by atoms with E-state index >= 15 is 0 Å². The van der Waals surface area contributed by atoms with Gasteiger partial charge in [-0.25, -0.2) is 0 Å². The van der Waals surface area contributed by atoms with Crippen LogP contribution in [-0.4, -0.2) is 35.8 Å². The van der Waals surface area contributed by atoms with Gasteiger partial charge in [0.25, 0.3) is 0 Å². The molecular weight excluding hydrogens is 170 g/mol. The quantitative estimate of drug-likeness (QED) is 0.598. The molecule has 0 heterocycles. The molecule has 0 spiro atoms. The van der Waals surface area contributed by atoms with Crippen molar-refractivity contribution in [1.29, 1.82) is 0 Å². The van der Waals surface area contributed by atoms with Crippen LogP contribution in [0.3, 0.4) is 0 Å². The third-order valence-corrected chi connectivity index (χ3v) is 3.29. The van der Waals surface area contributed by atoms with Crippen LogP contribution >= 0.6 is 11.8 Å². The molecule has 0 aromatic rings. The zero-order valence-electron chi connectivity index (χ0n) is 8.39. The lowest BCUT2D eigenvalue weighted by molar-refractivity contribution is 0.179. The number of aliphatic hydroxyl groups is 1. The number of rotatable bonds is 7. The van der Waals surface area contributed by atoms with Gasteiger partial charge in [0.05, 0.1) is 6.61 Å².